The van der Waals surface area contributed by atoms with Gasteiger partial charge in [-0.05, 0) is 18.6 Å². The van der Waals surface area contributed by atoms with Crippen molar-refractivity contribution < 1.29 is 9.47 Å². The number of ether oxygens (including phenoxy) is 2. The molecule has 2 heterocycles. The summed E-state index contributed by atoms with van der Waals surface area (Å²) in [6, 6.07) is 3.70. The number of unbranched alkanes of at least 4 members (excludes halogenated alkanes) is 1. The van der Waals surface area contributed by atoms with Gasteiger partial charge in [0.1, 0.15) is 10.7 Å². The molecule has 18 heavy (non-hydrogen) atoms. The summed E-state index contributed by atoms with van der Waals surface area (Å²) in [5.41, 5.74) is 1.21. The number of nitrogens with zero attached hydrogens (tertiary/aromatic N) is 3. The predicted molar refractivity (Wildman–Crippen MR) is 69.3 cm³/mol. The van der Waals surface area contributed by atoms with E-state index in [2.05, 4.69) is 21.9 Å². The molecule has 6 heteroatoms. The smallest absolute Gasteiger partial charge is 0.320 e. The first-order valence-corrected chi connectivity index (χ1v) is 6.13. The van der Waals surface area contributed by atoms with E-state index in [0.717, 1.165) is 12.8 Å². The van der Waals surface area contributed by atoms with Crippen molar-refractivity contribution in [1.29, 1.82) is 0 Å². The molecule has 0 fully saturated rings. The first-order chi connectivity index (χ1) is 8.74. The van der Waals surface area contributed by atoms with Crippen LogP contribution in [-0.2, 0) is 0 Å². The normalized spacial score (nSPS) is 10.6. The van der Waals surface area contributed by atoms with Gasteiger partial charge in [-0.1, -0.05) is 24.9 Å². The van der Waals surface area contributed by atoms with E-state index >= 15 is 0 Å². The van der Waals surface area contributed by atoms with Crippen molar-refractivity contribution in [3.05, 3.63) is 17.3 Å². The van der Waals surface area contributed by atoms with E-state index in [-0.39, 0.29) is 6.01 Å². The van der Waals surface area contributed by atoms with E-state index in [1.54, 1.807) is 12.1 Å². The summed E-state index contributed by atoms with van der Waals surface area (Å²) in [5, 5.41) is 0.386. The average molecular weight is 268 g/mol. The van der Waals surface area contributed by atoms with E-state index in [1.807, 2.05) is 0 Å². The summed E-state index contributed by atoms with van der Waals surface area (Å²) in [5.74, 6) is 0.410. The Balaban J connectivity index is 2.42. The van der Waals surface area contributed by atoms with Gasteiger partial charge in [0.05, 0.1) is 13.7 Å². The highest BCUT2D eigenvalue weighted by Gasteiger charge is 2.11. The summed E-state index contributed by atoms with van der Waals surface area (Å²) in [6.07, 6.45) is 2.00. The second kappa shape index (κ2) is 5.82. The van der Waals surface area contributed by atoms with Crippen molar-refractivity contribution in [2.45, 2.75) is 19.8 Å². The SMILES string of the molecule is CCCCOc1nc(OC)nc2ccc(Cl)nc12. The summed E-state index contributed by atoms with van der Waals surface area (Å²) < 4.78 is 10.6. The Morgan fingerprint density at radius 2 is 2.06 bits per heavy atom. The van der Waals surface area contributed by atoms with Gasteiger partial charge in [-0.25, -0.2) is 4.98 Å². The second-order valence-corrected chi connectivity index (χ2v) is 4.11. The molecule has 0 saturated heterocycles. The molecular weight excluding hydrogens is 254 g/mol. The van der Waals surface area contributed by atoms with Crippen LogP contribution >= 0.6 is 11.6 Å². The van der Waals surface area contributed by atoms with Gasteiger partial charge >= 0.3 is 6.01 Å². The number of fused-ring (bicyclic) bond motifs is 1. The Hall–Kier alpha value is -1.62. The third-order valence-electron chi connectivity index (χ3n) is 2.38. The third kappa shape index (κ3) is 2.79. The number of pyridine rings is 1. The Bertz CT molecular complexity index is 548. The zero-order valence-corrected chi connectivity index (χ0v) is 11.1. The summed E-state index contributed by atoms with van der Waals surface area (Å²) in [6.45, 7) is 2.68. The molecule has 0 N–H and O–H groups in total. The van der Waals surface area contributed by atoms with Crippen LogP contribution < -0.4 is 9.47 Å². The van der Waals surface area contributed by atoms with Crippen LogP contribution in [0, 0.1) is 0 Å². The minimum Gasteiger partial charge on any atom is -0.476 e. The van der Waals surface area contributed by atoms with Crippen molar-refractivity contribution in [2.75, 3.05) is 13.7 Å². The molecule has 0 amide bonds. The van der Waals surface area contributed by atoms with Crippen molar-refractivity contribution in [1.82, 2.24) is 15.0 Å². The summed E-state index contributed by atoms with van der Waals surface area (Å²) in [4.78, 5) is 12.5. The fraction of sp³-hybridized carbons (Fsp3) is 0.417. The van der Waals surface area contributed by atoms with Crippen LogP contribution in [0.25, 0.3) is 11.0 Å². The lowest BCUT2D eigenvalue weighted by atomic mass is 10.3. The van der Waals surface area contributed by atoms with Crippen LogP contribution in [0.1, 0.15) is 19.8 Å². The quantitative estimate of drug-likeness (QED) is 0.616. The maximum absolute atomic E-state index is 5.87. The minimum atomic E-state index is 0.262. The largest absolute Gasteiger partial charge is 0.476 e. The van der Waals surface area contributed by atoms with Gasteiger partial charge in [-0.2, -0.15) is 9.97 Å². The molecule has 0 saturated carbocycles. The molecule has 0 aliphatic carbocycles. The van der Waals surface area contributed by atoms with Gasteiger partial charge in [-0.3, -0.25) is 0 Å². The predicted octanol–water partition coefficient (Wildman–Crippen LogP) is 2.87. The number of hydrogen-bond donors (Lipinski definition) is 0. The monoisotopic (exact) mass is 267 g/mol. The fourth-order valence-corrected chi connectivity index (χ4v) is 1.60. The Kier molecular flexibility index (Phi) is 4.15. The molecule has 0 atom stereocenters. The van der Waals surface area contributed by atoms with Gasteiger partial charge < -0.3 is 9.47 Å². The molecule has 0 aromatic carbocycles. The zero-order valence-electron chi connectivity index (χ0n) is 10.3. The molecule has 2 rings (SSSR count). The van der Waals surface area contributed by atoms with Gasteiger partial charge in [0.2, 0.25) is 5.88 Å². The molecule has 5 nitrogen and oxygen atoms in total. The average Bonchev–Trinajstić information content (AvgIpc) is 2.39. The van der Waals surface area contributed by atoms with Crippen molar-refractivity contribution in [3.8, 4) is 11.9 Å². The van der Waals surface area contributed by atoms with Crippen LogP contribution in [0.5, 0.6) is 11.9 Å². The minimum absolute atomic E-state index is 0.262. The molecule has 0 spiro atoms. The molecule has 0 aliphatic rings. The van der Waals surface area contributed by atoms with Gasteiger partial charge in [0.15, 0.2) is 5.52 Å². The highest BCUT2D eigenvalue weighted by atomic mass is 35.5. The van der Waals surface area contributed by atoms with E-state index in [4.69, 9.17) is 21.1 Å². The third-order valence-corrected chi connectivity index (χ3v) is 2.59. The Labute approximate surface area is 110 Å². The molecule has 0 bridgehead atoms. The van der Waals surface area contributed by atoms with Crippen molar-refractivity contribution >= 4 is 22.6 Å². The second-order valence-electron chi connectivity index (χ2n) is 3.72. The molecular formula is C12H14ClN3O2. The highest BCUT2D eigenvalue weighted by molar-refractivity contribution is 6.29. The lowest BCUT2D eigenvalue weighted by molar-refractivity contribution is 0.292. The molecule has 0 radical (unpaired) electrons. The Morgan fingerprint density at radius 1 is 1.22 bits per heavy atom. The number of methoxy groups -OCH3 is 1. The Morgan fingerprint density at radius 3 is 2.78 bits per heavy atom. The summed E-state index contributed by atoms with van der Waals surface area (Å²) in [7, 11) is 1.51. The van der Waals surface area contributed by atoms with Gasteiger partial charge in [-0.15, -0.1) is 0 Å². The van der Waals surface area contributed by atoms with Gasteiger partial charge in [0, 0.05) is 0 Å². The number of aromatic nitrogens is 3. The number of rotatable bonds is 5. The van der Waals surface area contributed by atoms with E-state index in [1.165, 1.54) is 7.11 Å². The standard InChI is InChI=1S/C12H14ClN3O2/c1-3-4-7-18-11-10-8(5-6-9(13)15-10)14-12(16-11)17-2/h5-6H,3-4,7H2,1-2H3. The first-order valence-electron chi connectivity index (χ1n) is 5.75. The highest BCUT2D eigenvalue weighted by Crippen LogP contribution is 2.24. The molecule has 0 aliphatic heterocycles. The summed E-state index contributed by atoms with van der Waals surface area (Å²) >= 11 is 5.87. The van der Waals surface area contributed by atoms with Gasteiger partial charge in [0.25, 0.3) is 0 Å². The lowest BCUT2D eigenvalue weighted by Crippen LogP contribution is -2.03. The van der Waals surface area contributed by atoms with Crippen LogP contribution in [0.4, 0.5) is 0 Å². The lowest BCUT2D eigenvalue weighted by Gasteiger charge is -2.08. The maximum atomic E-state index is 5.87. The molecule has 2 aromatic rings. The first kappa shape index (κ1) is 12.8. The number of halogens is 1. The molecule has 0 unspecified atom stereocenters. The molecule has 96 valence electrons. The van der Waals surface area contributed by atoms with Crippen LogP contribution in [-0.4, -0.2) is 28.7 Å². The van der Waals surface area contributed by atoms with E-state index in [0.29, 0.717) is 28.7 Å². The van der Waals surface area contributed by atoms with E-state index in [9.17, 15) is 0 Å². The van der Waals surface area contributed by atoms with Crippen LogP contribution in [0.2, 0.25) is 5.15 Å². The van der Waals surface area contributed by atoms with Crippen LogP contribution in [0.15, 0.2) is 12.1 Å². The van der Waals surface area contributed by atoms with E-state index < -0.39 is 0 Å². The van der Waals surface area contributed by atoms with Crippen LogP contribution in [0.3, 0.4) is 0 Å². The van der Waals surface area contributed by atoms with Crippen molar-refractivity contribution in [2.24, 2.45) is 0 Å². The fourth-order valence-electron chi connectivity index (χ4n) is 1.45. The topological polar surface area (TPSA) is 57.1 Å². The van der Waals surface area contributed by atoms with Crippen molar-refractivity contribution in [3.63, 3.8) is 0 Å². The maximum Gasteiger partial charge on any atom is 0.320 e. The molecule has 2 aromatic heterocycles. The zero-order chi connectivity index (χ0) is 13.0. The number of hydrogen-bond acceptors (Lipinski definition) is 5.